The average Bonchev–Trinajstić information content (AvgIpc) is 2.85. The minimum Gasteiger partial charge on any atom is -0.497 e. The molecule has 0 saturated heterocycles. The van der Waals surface area contributed by atoms with Crippen LogP contribution in [0.2, 0.25) is 0 Å². The first kappa shape index (κ1) is 15.5. The molecule has 0 amide bonds. The van der Waals surface area contributed by atoms with E-state index in [0.29, 0.717) is 6.61 Å². The fourth-order valence-corrected chi connectivity index (χ4v) is 2.99. The van der Waals surface area contributed by atoms with Gasteiger partial charge in [-0.05, 0) is 42.8 Å². The number of benzene rings is 1. The topological polar surface area (TPSA) is 62.3 Å². The second-order valence-corrected chi connectivity index (χ2v) is 5.48. The van der Waals surface area contributed by atoms with Crippen LogP contribution in [0, 0.1) is 6.92 Å². The molecule has 23 heavy (non-hydrogen) atoms. The summed E-state index contributed by atoms with van der Waals surface area (Å²) < 4.78 is 7.65. The molecule has 0 aliphatic heterocycles. The Morgan fingerprint density at radius 2 is 2.09 bits per heavy atom. The Bertz CT molecular complexity index is 797. The van der Waals surface area contributed by atoms with Gasteiger partial charge in [-0.25, -0.2) is 5.90 Å². The molecule has 0 unspecified atom stereocenters. The standard InChI is InChI=1S/C18H21N3O2/c1-13-16(8-10-23-19)17-11-15(22-2)6-7-18(17)21(13)12-14-5-3-4-9-20-14/h3-7,9,11H,8,10,12,19H2,1-2H3. The number of rotatable bonds is 6. The zero-order chi connectivity index (χ0) is 16.2. The highest BCUT2D eigenvalue weighted by atomic mass is 16.6. The van der Waals surface area contributed by atoms with Gasteiger partial charge in [-0.1, -0.05) is 6.07 Å². The van der Waals surface area contributed by atoms with Crippen LogP contribution < -0.4 is 10.6 Å². The van der Waals surface area contributed by atoms with Crippen molar-refractivity contribution in [2.45, 2.75) is 19.9 Å². The predicted octanol–water partition coefficient (Wildman–Crippen LogP) is 2.83. The second-order valence-electron chi connectivity index (χ2n) is 5.48. The van der Waals surface area contributed by atoms with Crippen molar-refractivity contribution in [3.63, 3.8) is 0 Å². The molecular weight excluding hydrogens is 290 g/mol. The van der Waals surface area contributed by atoms with Gasteiger partial charge >= 0.3 is 0 Å². The summed E-state index contributed by atoms with van der Waals surface area (Å²) in [6.07, 6.45) is 2.59. The van der Waals surface area contributed by atoms with E-state index in [1.807, 2.05) is 30.5 Å². The number of hydrogen-bond donors (Lipinski definition) is 1. The van der Waals surface area contributed by atoms with Gasteiger partial charge in [-0.15, -0.1) is 0 Å². The fourth-order valence-electron chi connectivity index (χ4n) is 2.99. The molecular formula is C18H21N3O2. The SMILES string of the molecule is COc1ccc2c(c1)c(CCON)c(C)n2Cc1ccccn1. The lowest BCUT2D eigenvalue weighted by molar-refractivity contribution is 0.141. The summed E-state index contributed by atoms with van der Waals surface area (Å²) in [5.41, 5.74) is 4.64. The summed E-state index contributed by atoms with van der Waals surface area (Å²) in [7, 11) is 1.68. The summed E-state index contributed by atoms with van der Waals surface area (Å²) >= 11 is 0. The molecule has 5 heteroatoms. The zero-order valence-corrected chi connectivity index (χ0v) is 13.5. The van der Waals surface area contributed by atoms with Crippen molar-refractivity contribution < 1.29 is 9.57 Å². The largest absolute Gasteiger partial charge is 0.497 e. The summed E-state index contributed by atoms with van der Waals surface area (Å²) in [4.78, 5) is 9.22. The Morgan fingerprint density at radius 1 is 1.22 bits per heavy atom. The number of aromatic nitrogens is 2. The maximum atomic E-state index is 5.37. The maximum absolute atomic E-state index is 5.37. The van der Waals surface area contributed by atoms with Gasteiger partial charge in [0, 0.05) is 29.2 Å². The molecule has 0 saturated carbocycles. The minimum absolute atomic E-state index is 0.487. The number of nitrogens with two attached hydrogens (primary N) is 1. The summed E-state index contributed by atoms with van der Waals surface area (Å²) in [5, 5.41) is 1.18. The highest BCUT2D eigenvalue weighted by molar-refractivity contribution is 5.87. The Balaban J connectivity index is 2.11. The molecule has 0 spiro atoms. The van der Waals surface area contributed by atoms with Crippen LogP contribution >= 0.6 is 0 Å². The van der Waals surface area contributed by atoms with Gasteiger partial charge in [0.05, 0.1) is 26.0 Å². The number of fused-ring (bicyclic) bond motifs is 1. The third-order valence-corrected chi connectivity index (χ3v) is 4.18. The quantitative estimate of drug-likeness (QED) is 0.711. The van der Waals surface area contributed by atoms with E-state index < -0.39 is 0 Å². The molecule has 0 aliphatic rings. The zero-order valence-electron chi connectivity index (χ0n) is 13.5. The summed E-state index contributed by atoms with van der Waals surface area (Å²) in [5.74, 6) is 6.06. The first-order valence-electron chi connectivity index (χ1n) is 7.62. The van der Waals surface area contributed by atoms with E-state index in [9.17, 15) is 0 Å². The number of hydrogen-bond acceptors (Lipinski definition) is 4. The second kappa shape index (κ2) is 6.81. The molecule has 0 fully saturated rings. The summed E-state index contributed by atoms with van der Waals surface area (Å²) in [6.45, 7) is 3.35. The van der Waals surface area contributed by atoms with Gasteiger partial charge in [0.2, 0.25) is 0 Å². The van der Waals surface area contributed by atoms with Crippen molar-refractivity contribution in [1.29, 1.82) is 0 Å². The van der Waals surface area contributed by atoms with Gasteiger partial charge in [0.1, 0.15) is 5.75 Å². The fraction of sp³-hybridized carbons (Fsp3) is 0.278. The Morgan fingerprint density at radius 3 is 2.78 bits per heavy atom. The number of pyridine rings is 1. The van der Waals surface area contributed by atoms with Crippen LogP contribution in [0.25, 0.3) is 10.9 Å². The van der Waals surface area contributed by atoms with E-state index in [4.69, 9.17) is 15.5 Å². The molecule has 3 rings (SSSR count). The van der Waals surface area contributed by atoms with E-state index in [-0.39, 0.29) is 0 Å². The molecule has 0 bridgehead atoms. The van der Waals surface area contributed by atoms with Crippen molar-refractivity contribution in [1.82, 2.24) is 9.55 Å². The Hall–Kier alpha value is -2.37. The van der Waals surface area contributed by atoms with E-state index >= 15 is 0 Å². The van der Waals surface area contributed by atoms with Crippen LogP contribution in [0.3, 0.4) is 0 Å². The van der Waals surface area contributed by atoms with Crippen molar-refractivity contribution >= 4 is 10.9 Å². The number of ether oxygens (including phenoxy) is 1. The van der Waals surface area contributed by atoms with Crippen molar-refractivity contribution in [2.75, 3.05) is 13.7 Å². The molecule has 0 atom stereocenters. The molecule has 3 aromatic rings. The molecule has 2 heterocycles. The van der Waals surface area contributed by atoms with E-state index in [1.165, 1.54) is 22.2 Å². The maximum Gasteiger partial charge on any atom is 0.119 e. The van der Waals surface area contributed by atoms with Crippen LogP contribution in [-0.4, -0.2) is 23.3 Å². The van der Waals surface area contributed by atoms with E-state index in [0.717, 1.165) is 24.4 Å². The minimum atomic E-state index is 0.487. The van der Waals surface area contributed by atoms with Crippen LogP contribution in [0.5, 0.6) is 5.75 Å². The smallest absolute Gasteiger partial charge is 0.119 e. The van der Waals surface area contributed by atoms with Crippen molar-refractivity contribution in [3.8, 4) is 5.75 Å². The number of nitrogens with zero attached hydrogens (tertiary/aromatic N) is 2. The molecule has 1 aromatic carbocycles. The Kier molecular flexibility index (Phi) is 4.60. The monoisotopic (exact) mass is 311 g/mol. The molecule has 5 nitrogen and oxygen atoms in total. The summed E-state index contributed by atoms with van der Waals surface area (Å²) in [6, 6.07) is 12.1. The molecule has 0 radical (unpaired) electrons. The predicted molar refractivity (Wildman–Crippen MR) is 90.4 cm³/mol. The van der Waals surface area contributed by atoms with Gasteiger partial charge in [-0.2, -0.15) is 0 Å². The first-order valence-corrected chi connectivity index (χ1v) is 7.62. The average molecular weight is 311 g/mol. The highest BCUT2D eigenvalue weighted by Gasteiger charge is 2.15. The lowest BCUT2D eigenvalue weighted by Crippen LogP contribution is -2.06. The van der Waals surface area contributed by atoms with Gasteiger partial charge in [0.15, 0.2) is 0 Å². The lowest BCUT2D eigenvalue weighted by Gasteiger charge is -2.08. The van der Waals surface area contributed by atoms with E-state index in [2.05, 4.69) is 28.6 Å². The Labute approximate surface area is 135 Å². The van der Waals surface area contributed by atoms with Gasteiger partial charge in [-0.3, -0.25) is 4.98 Å². The molecule has 2 aromatic heterocycles. The van der Waals surface area contributed by atoms with Crippen molar-refractivity contribution in [3.05, 3.63) is 59.5 Å². The van der Waals surface area contributed by atoms with Crippen LogP contribution in [0.4, 0.5) is 0 Å². The molecule has 120 valence electrons. The third-order valence-electron chi connectivity index (χ3n) is 4.18. The van der Waals surface area contributed by atoms with Gasteiger partial charge in [0.25, 0.3) is 0 Å². The molecule has 0 aliphatic carbocycles. The highest BCUT2D eigenvalue weighted by Crippen LogP contribution is 2.30. The number of methoxy groups -OCH3 is 1. The van der Waals surface area contributed by atoms with Crippen LogP contribution in [0.1, 0.15) is 17.0 Å². The van der Waals surface area contributed by atoms with Crippen LogP contribution in [-0.2, 0) is 17.8 Å². The van der Waals surface area contributed by atoms with Crippen LogP contribution in [0.15, 0.2) is 42.6 Å². The van der Waals surface area contributed by atoms with E-state index in [1.54, 1.807) is 7.11 Å². The normalized spacial score (nSPS) is 11.1. The van der Waals surface area contributed by atoms with Crippen molar-refractivity contribution in [2.24, 2.45) is 5.90 Å². The lowest BCUT2D eigenvalue weighted by atomic mass is 10.1. The molecule has 2 N–H and O–H groups in total. The first-order chi connectivity index (χ1) is 11.2. The third kappa shape index (κ3) is 3.06. The van der Waals surface area contributed by atoms with Gasteiger partial charge < -0.3 is 14.1 Å².